The number of hydrogen-bond acceptors (Lipinski definition) is 35. The highest BCUT2D eigenvalue weighted by molar-refractivity contribution is 5.77. The standard InChI is InChI=1S/C48H79N3O37/c1-12(57)49-23-15(60)4-47(45(74)75,86-37(23)26(64)17(62)6-52)78-11-22-30(68)39(33(71)43(82-22)83-35-21(10-56)79-41(73)32(70)31(35)69)85-42-25(51-14(3)59)36(28(66)19(8-54)80-42)84-44-34(72)40(29(67)20(9-55)81-44)88-48(46(76)77)5-16(61)24(50-13(2)58)38(87-48)27(65)18(63)7-53/h15-44,52-56,60-73H,4-11H2,1-3H3,(H,49,57)(H,50,58)(H,51,59)(H,74,75)(H,76,77)/t15-,16-,17+,18+,19+,20+,21+,22+,23+,24+,25+,26+,27+,28+,29-,30-,31+,32+,33+,34+,35+,36+,37+,38+,39-,40-,41?,42-,43-,44-,47+,48-/m0/s1. The summed E-state index contributed by atoms with van der Waals surface area (Å²) in [7, 11) is 0. The lowest BCUT2D eigenvalue weighted by Crippen LogP contribution is -2.71. The van der Waals surface area contributed by atoms with Crippen LogP contribution in [0.15, 0.2) is 0 Å². The van der Waals surface area contributed by atoms with Crippen molar-refractivity contribution in [1.29, 1.82) is 0 Å². The van der Waals surface area contributed by atoms with Gasteiger partial charge < -0.3 is 175 Å². The number of carboxylic acids is 2. The third-order valence-electron chi connectivity index (χ3n) is 15.6. The van der Waals surface area contributed by atoms with Crippen LogP contribution < -0.4 is 16.0 Å². The molecule has 0 bridgehead atoms. The van der Waals surface area contributed by atoms with Gasteiger partial charge in [-0.25, -0.2) is 9.59 Å². The molecule has 6 heterocycles. The first-order valence-corrected chi connectivity index (χ1v) is 27.4. The number of rotatable bonds is 25. The SMILES string of the molecule is CC(=O)N[C@H]1[C@H](O[C@H]2[C@@H](O)[C@@H](CO[C@]3(C(=O)O)C[C@H](O)[C@@H](NC(C)=O)[C@H]([C@H](O)[C@H](O)CO)O3)O[C@@H](O[C@H]3[C@H](O)[C@@H](O)C(O)O[C@@H]3CO)[C@@H]2O)O[C@H](CO)[C@@H](O)[C@@H]1O[C@@H]1O[C@H](CO)[C@H](O)[C@H](O[C@]2(C(=O)O)C[C@H](O)[C@@H](NC(C)=O)[C@H]([C@H](O)[C@H](O)CO)O2)[C@H]1O. The first-order chi connectivity index (χ1) is 41.2. The Hall–Kier alpha value is -3.85. The quantitative estimate of drug-likeness (QED) is 0.0404. The third kappa shape index (κ3) is 15.8. The molecule has 24 N–H and O–H groups in total. The van der Waals surface area contributed by atoms with E-state index in [2.05, 4.69) is 16.0 Å². The number of aliphatic hydroxyl groups excluding tert-OH is 19. The Bertz CT molecular complexity index is 2320. The monoisotopic (exact) mass is 1290 g/mol. The van der Waals surface area contributed by atoms with Crippen LogP contribution in [0.25, 0.3) is 0 Å². The van der Waals surface area contributed by atoms with E-state index in [1.54, 1.807) is 0 Å². The average Bonchev–Trinajstić information content (AvgIpc) is 1.86. The van der Waals surface area contributed by atoms with E-state index >= 15 is 0 Å². The van der Waals surface area contributed by atoms with Crippen molar-refractivity contribution in [3.63, 3.8) is 0 Å². The predicted molar refractivity (Wildman–Crippen MR) is 268 cm³/mol. The molecule has 508 valence electrons. The van der Waals surface area contributed by atoms with Crippen molar-refractivity contribution in [1.82, 2.24) is 16.0 Å². The van der Waals surface area contributed by atoms with Gasteiger partial charge in [-0.3, -0.25) is 14.4 Å². The van der Waals surface area contributed by atoms with E-state index in [9.17, 15) is 131 Å². The van der Waals surface area contributed by atoms with Crippen molar-refractivity contribution in [2.24, 2.45) is 0 Å². The molecule has 6 aliphatic rings. The van der Waals surface area contributed by atoms with E-state index in [4.69, 9.17) is 52.1 Å². The van der Waals surface area contributed by atoms with Crippen LogP contribution in [-0.2, 0) is 76.1 Å². The lowest BCUT2D eigenvalue weighted by atomic mass is 9.88. The van der Waals surface area contributed by atoms with Crippen LogP contribution in [0.2, 0.25) is 0 Å². The number of carbonyl (C=O) groups is 5. The van der Waals surface area contributed by atoms with E-state index in [1.807, 2.05) is 0 Å². The molecule has 32 atom stereocenters. The van der Waals surface area contributed by atoms with Crippen LogP contribution in [0.4, 0.5) is 0 Å². The third-order valence-corrected chi connectivity index (χ3v) is 15.6. The minimum atomic E-state index is -3.29. The zero-order valence-corrected chi connectivity index (χ0v) is 46.9. The molecule has 0 aromatic heterocycles. The summed E-state index contributed by atoms with van der Waals surface area (Å²) in [5.41, 5.74) is 0. The normalized spacial score (nSPS) is 44.6. The average molecular weight is 1290 g/mol. The number of aliphatic carboxylic acids is 2. The Balaban J connectivity index is 1.36. The van der Waals surface area contributed by atoms with Crippen molar-refractivity contribution >= 4 is 29.7 Å². The van der Waals surface area contributed by atoms with Gasteiger partial charge in [-0.15, -0.1) is 0 Å². The maximum absolute atomic E-state index is 13.2. The lowest BCUT2D eigenvalue weighted by Gasteiger charge is -2.51. The lowest BCUT2D eigenvalue weighted by molar-refractivity contribution is -0.391. The summed E-state index contributed by atoms with van der Waals surface area (Å²) in [5, 5.41) is 234. The minimum absolute atomic E-state index is 0.853. The topological polar surface area (TPSA) is 648 Å². The Kier molecular flexibility index (Phi) is 25.6. The summed E-state index contributed by atoms with van der Waals surface area (Å²) in [6.07, 6.45) is -61.8. The van der Waals surface area contributed by atoms with E-state index in [0.29, 0.717) is 0 Å². The summed E-state index contributed by atoms with van der Waals surface area (Å²) in [6.45, 7) is -4.34. The van der Waals surface area contributed by atoms with E-state index in [-0.39, 0.29) is 0 Å². The van der Waals surface area contributed by atoms with Gasteiger partial charge in [-0.1, -0.05) is 0 Å². The van der Waals surface area contributed by atoms with Gasteiger partial charge in [0.05, 0.1) is 63.9 Å². The number of aliphatic hydroxyl groups is 19. The fraction of sp³-hybridized carbons (Fsp3) is 0.896. The smallest absolute Gasteiger partial charge is 0.364 e. The van der Waals surface area contributed by atoms with Crippen molar-refractivity contribution in [2.75, 3.05) is 39.6 Å². The second-order valence-electron chi connectivity index (χ2n) is 21.9. The molecule has 0 aliphatic carbocycles. The zero-order valence-electron chi connectivity index (χ0n) is 46.9. The number of hydrogen-bond donors (Lipinski definition) is 24. The molecule has 0 aromatic carbocycles. The number of amides is 3. The maximum Gasteiger partial charge on any atom is 0.364 e. The Morgan fingerprint density at radius 3 is 1.33 bits per heavy atom. The predicted octanol–water partition coefficient (Wildman–Crippen LogP) is -15.3. The summed E-state index contributed by atoms with van der Waals surface area (Å²) in [4.78, 5) is 63.6. The van der Waals surface area contributed by atoms with Gasteiger partial charge >= 0.3 is 11.9 Å². The molecule has 6 saturated heterocycles. The zero-order chi connectivity index (χ0) is 65.8. The highest BCUT2D eigenvalue weighted by Crippen LogP contribution is 2.41. The molecule has 6 rings (SSSR count). The summed E-state index contributed by atoms with van der Waals surface area (Å²) < 4.78 is 63.0. The largest absolute Gasteiger partial charge is 0.477 e. The molecule has 0 radical (unpaired) electrons. The second-order valence-corrected chi connectivity index (χ2v) is 21.9. The number of ether oxygens (including phenoxy) is 11. The van der Waals surface area contributed by atoms with Crippen molar-refractivity contribution in [2.45, 2.75) is 229 Å². The van der Waals surface area contributed by atoms with Crippen molar-refractivity contribution in [3.8, 4) is 0 Å². The molecule has 88 heavy (non-hydrogen) atoms. The van der Waals surface area contributed by atoms with Gasteiger partial charge in [0.15, 0.2) is 25.2 Å². The molecule has 6 aliphatic heterocycles. The molecule has 0 spiro atoms. The summed E-state index contributed by atoms with van der Waals surface area (Å²) >= 11 is 0. The first kappa shape index (κ1) is 73.2. The summed E-state index contributed by atoms with van der Waals surface area (Å²) in [6, 6.07) is -5.49. The van der Waals surface area contributed by atoms with Crippen LogP contribution in [0, 0.1) is 0 Å². The summed E-state index contributed by atoms with van der Waals surface area (Å²) in [5.74, 6) is -13.4. The van der Waals surface area contributed by atoms with E-state index < -0.39 is 277 Å². The van der Waals surface area contributed by atoms with Crippen LogP contribution >= 0.6 is 0 Å². The highest BCUT2D eigenvalue weighted by Gasteiger charge is 2.62. The highest BCUT2D eigenvalue weighted by atomic mass is 16.8. The van der Waals surface area contributed by atoms with Gasteiger partial charge in [0.2, 0.25) is 17.7 Å². The molecule has 1 unspecified atom stereocenters. The maximum atomic E-state index is 13.2. The van der Waals surface area contributed by atoms with Gasteiger partial charge in [0.1, 0.15) is 134 Å². The molecule has 0 aromatic rings. The molecule has 0 saturated carbocycles. The first-order valence-electron chi connectivity index (χ1n) is 27.4. The van der Waals surface area contributed by atoms with Gasteiger partial charge in [-0.2, -0.15) is 0 Å². The van der Waals surface area contributed by atoms with Gasteiger partial charge in [0, 0.05) is 33.6 Å². The van der Waals surface area contributed by atoms with E-state index in [0.717, 1.165) is 20.8 Å². The Morgan fingerprint density at radius 2 is 0.864 bits per heavy atom. The Labute approximate surface area is 496 Å². The molecular weight excluding hydrogens is 1210 g/mol. The van der Waals surface area contributed by atoms with Crippen molar-refractivity contribution < 1.29 is 183 Å². The molecular formula is C48H79N3O37. The fourth-order valence-corrected chi connectivity index (χ4v) is 11.0. The number of nitrogens with one attached hydrogen (secondary N) is 3. The van der Waals surface area contributed by atoms with Gasteiger partial charge in [0.25, 0.3) is 11.6 Å². The minimum Gasteiger partial charge on any atom is -0.477 e. The number of carboxylic acid groups (broad SMARTS) is 2. The molecule has 6 fully saturated rings. The van der Waals surface area contributed by atoms with Crippen LogP contribution in [0.1, 0.15) is 33.6 Å². The molecule has 40 heteroatoms. The molecule has 40 nitrogen and oxygen atoms in total. The van der Waals surface area contributed by atoms with Crippen LogP contribution in [0.3, 0.4) is 0 Å². The second kappa shape index (κ2) is 30.7. The Morgan fingerprint density at radius 1 is 0.466 bits per heavy atom. The number of carbonyl (C=O) groups excluding carboxylic acids is 3. The van der Waals surface area contributed by atoms with Crippen molar-refractivity contribution in [3.05, 3.63) is 0 Å². The fourth-order valence-electron chi connectivity index (χ4n) is 11.0. The van der Waals surface area contributed by atoms with Gasteiger partial charge in [-0.05, 0) is 0 Å². The molecule has 3 amide bonds. The van der Waals surface area contributed by atoms with Crippen LogP contribution in [0.5, 0.6) is 0 Å². The van der Waals surface area contributed by atoms with Crippen LogP contribution in [-0.4, -0.2) is 372 Å². The van der Waals surface area contributed by atoms with E-state index in [1.165, 1.54) is 0 Å².